The van der Waals surface area contributed by atoms with E-state index in [4.69, 9.17) is 5.11 Å². The molecule has 1 aliphatic rings. The van der Waals surface area contributed by atoms with E-state index in [1.165, 1.54) is 19.1 Å². The highest BCUT2D eigenvalue weighted by Gasteiger charge is 2.30. The molecule has 0 saturated carbocycles. The lowest BCUT2D eigenvalue weighted by Crippen LogP contribution is -2.44. The van der Waals surface area contributed by atoms with Gasteiger partial charge in [0.1, 0.15) is 17.5 Å². The van der Waals surface area contributed by atoms with Crippen molar-refractivity contribution in [1.82, 2.24) is 9.97 Å². The Hall–Kier alpha value is -3.03. The van der Waals surface area contributed by atoms with E-state index in [-0.39, 0.29) is 17.3 Å². The second kappa shape index (κ2) is 6.36. The van der Waals surface area contributed by atoms with E-state index in [2.05, 4.69) is 15.3 Å². The summed E-state index contributed by atoms with van der Waals surface area (Å²) in [6.45, 7) is 4.96. The number of fused-ring (bicyclic) bond motifs is 1. The van der Waals surface area contributed by atoms with Crippen molar-refractivity contribution < 1.29 is 19.1 Å². The van der Waals surface area contributed by atoms with Crippen molar-refractivity contribution in [1.29, 1.82) is 0 Å². The molecule has 0 fully saturated rings. The van der Waals surface area contributed by atoms with E-state index >= 15 is 0 Å². The summed E-state index contributed by atoms with van der Waals surface area (Å²) in [5.74, 6) is -1.88. The van der Waals surface area contributed by atoms with E-state index in [9.17, 15) is 14.0 Å². The number of aryl methyl sites for hydroxylation is 1. The molecule has 0 aliphatic carbocycles. The smallest absolute Gasteiger partial charge is 0.310 e. The number of likely N-dealkylation sites (N-methyl/N-ethyl adjacent to an activating group) is 1. The SMILES string of the molecule is Cc1nc(-c2ccc(C(C)C(=O)O)cc2F)nc2c1NC(=O)[C@@H](C)N2C. The van der Waals surface area contributed by atoms with Crippen LogP contribution in [0, 0.1) is 12.7 Å². The van der Waals surface area contributed by atoms with Crippen LogP contribution in [0.2, 0.25) is 0 Å². The van der Waals surface area contributed by atoms with Crippen molar-refractivity contribution in [2.24, 2.45) is 0 Å². The predicted molar refractivity (Wildman–Crippen MR) is 94.7 cm³/mol. The van der Waals surface area contributed by atoms with E-state index in [0.29, 0.717) is 22.8 Å². The largest absolute Gasteiger partial charge is 0.481 e. The fourth-order valence-corrected chi connectivity index (χ4v) is 2.79. The van der Waals surface area contributed by atoms with E-state index in [1.54, 1.807) is 31.9 Å². The molecule has 2 N–H and O–H groups in total. The molecule has 26 heavy (non-hydrogen) atoms. The van der Waals surface area contributed by atoms with Gasteiger partial charge in [-0.15, -0.1) is 0 Å². The van der Waals surface area contributed by atoms with Crippen LogP contribution in [-0.2, 0) is 9.59 Å². The number of aliphatic carboxylic acids is 1. The molecule has 0 bridgehead atoms. The Bertz CT molecular complexity index is 916. The molecule has 7 nitrogen and oxygen atoms in total. The van der Waals surface area contributed by atoms with Gasteiger partial charge in [-0.1, -0.05) is 6.07 Å². The normalized spacial score (nSPS) is 17.5. The number of benzene rings is 1. The maximum absolute atomic E-state index is 14.6. The quantitative estimate of drug-likeness (QED) is 0.875. The lowest BCUT2D eigenvalue weighted by Gasteiger charge is -2.32. The van der Waals surface area contributed by atoms with Crippen molar-refractivity contribution in [3.8, 4) is 11.4 Å². The van der Waals surface area contributed by atoms with Gasteiger partial charge < -0.3 is 15.3 Å². The number of carboxylic acid groups (broad SMARTS) is 1. The fourth-order valence-electron chi connectivity index (χ4n) is 2.79. The van der Waals surface area contributed by atoms with Crippen LogP contribution in [0.15, 0.2) is 18.2 Å². The molecule has 1 unspecified atom stereocenters. The molecule has 1 aromatic heterocycles. The average Bonchev–Trinajstić information content (AvgIpc) is 2.59. The highest BCUT2D eigenvalue weighted by atomic mass is 19.1. The molecular weight excluding hydrogens is 339 g/mol. The lowest BCUT2D eigenvalue weighted by atomic mass is 9.99. The molecule has 2 heterocycles. The summed E-state index contributed by atoms with van der Waals surface area (Å²) in [5, 5.41) is 11.8. The van der Waals surface area contributed by atoms with Gasteiger partial charge in [-0.3, -0.25) is 9.59 Å². The van der Waals surface area contributed by atoms with Crippen molar-refractivity contribution in [2.45, 2.75) is 32.7 Å². The summed E-state index contributed by atoms with van der Waals surface area (Å²) in [6, 6.07) is 3.83. The number of amides is 1. The summed E-state index contributed by atoms with van der Waals surface area (Å²) in [7, 11) is 1.74. The zero-order chi connectivity index (χ0) is 19.2. The van der Waals surface area contributed by atoms with Crippen LogP contribution in [0.25, 0.3) is 11.4 Å². The standard InChI is InChI=1S/C18H19FN4O3/c1-8(18(25)26)11-5-6-12(13(19)7-11)15-20-9(2)14-16(22-15)23(4)10(3)17(24)21-14/h5-8,10H,1-4H3,(H,21,24)(H,25,26)/t8?,10-/m1/s1. The Kier molecular flexibility index (Phi) is 4.35. The van der Waals surface area contributed by atoms with E-state index in [0.717, 1.165) is 0 Å². The Morgan fingerprint density at radius 2 is 2.08 bits per heavy atom. The molecule has 2 aromatic rings. The van der Waals surface area contributed by atoms with Gasteiger partial charge in [0, 0.05) is 7.05 Å². The molecule has 0 spiro atoms. The number of nitrogens with one attached hydrogen (secondary N) is 1. The average molecular weight is 358 g/mol. The summed E-state index contributed by atoms with van der Waals surface area (Å²) >= 11 is 0. The number of anilines is 2. The van der Waals surface area contributed by atoms with Crippen LogP contribution in [0.3, 0.4) is 0 Å². The fraction of sp³-hybridized carbons (Fsp3) is 0.333. The van der Waals surface area contributed by atoms with Crippen molar-refractivity contribution in [2.75, 3.05) is 17.3 Å². The van der Waals surface area contributed by atoms with Gasteiger partial charge in [0.2, 0.25) is 5.91 Å². The first-order valence-corrected chi connectivity index (χ1v) is 8.15. The number of hydrogen-bond donors (Lipinski definition) is 2. The highest BCUT2D eigenvalue weighted by Crippen LogP contribution is 2.34. The van der Waals surface area contributed by atoms with Crippen molar-refractivity contribution >= 4 is 23.4 Å². The van der Waals surface area contributed by atoms with Gasteiger partial charge in [-0.05, 0) is 38.5 Å². The van der Waals surface area contributed by atoms with Crippen molar-refractivity contribution in [3.63, 3.8) is 0 Å². The van der Waals surface area contributed by atoms with Crippen LogP contribution in [-0.4, -0.2) is 40.0 Å². The number of halogens is 1. The first-order chi connectivity index (χ1) is 12.2. The van der Waals surface area contributed by atoms with Gasteiger partial charge in [-0.2, -0.15) is 0 Å². The summed E-state index contributed by atoms with van der Waals surface area (Å²) < 4.78 is 14.6. The van der Waals surface area contributed by atoms with Crippen molar-refractivity contribution in [3.05, 3.63) is 35.3 Å². The molecule has 1 amide bonds. The molecule has 1 aliphatic heterocycles. The second-order valence-electron chi connectivity index (χ2n) is 6.41. The van der Waals surface area contributed by atoms with Crippen LogP contribution >= 0.6 is 0 Å². The van der Waals surface area contributed by atoms with Gasteiger partial charge in [-0.25, -0.2) is 14.4 Å². The molecule has 8 heteroatoms. The van der Waals surface area contributed by atoms with Gasteiger partial charge in [0.15, 0.2) is 11.6 Å². The number of carboxylic acids is 1. The minimum absolute atomic E-state index is 0.155. The number of nitrogens with zero attached hydrogens (tertiary/aromatic N) is 3. The molecule has 3 rings (SSSR count). The van der Waals surface area contributed by atoms with Gasteiger partial charge in [0.25, 0.3) is 0 Å². The molecule has 0 radical (unpaired) electrons. The summed E-state index contributed by atoms with van der Waals surface area (Å²) in [5.41, 5.74) is 1.58. The van der Waals surface area contributed by atoms with E-state index in [1.807, 2.05) is 0 Å². The highest BCUT2D eigenvalue weighted by molar-refractivity contribution is 6.03. The van der Waals surface area contributed by atoms with Crippen LogP contribution < -0.4 is 10.2 Å². The second-order valence-corrected chi connectivity index (χ2v) is 6.41. The zero-order valence-electron chi connectivity index (χ0n) is 14.9. The third-order valence-electron chi connectivity index (χ3n) is 4.72. The lowest BCUT2D eigenvalue weighted by molar-refractivity contribution is -0.138. The topological polar surface area (TPSA) is 95.4 Å². The number of carbonyl (C=O) groups excluding carboxylic acids is 1. The molecular formula is C18H19FN4O3. The molecule has 2 atom stereocenters. The number of hydrogen-bond acceptors (Lipinski definition) is 5. The maximum Gasteiger partial charge on any atom is 0.310 e. The van der Waals surface area contributed by atoms with Crippen LogP contribution in [0.5, 0.6) is 0 Å². The Morgan fingerprint density at radius 1 is 1.38 bits per heavy atom. The zero-order valence-corrected chi connectivity index (χ0v) is 14.9. The monoisotopic (exact) mass is 358 g/mol. The molecule has 136 valence electrons. The van der Waals surface area contributed by atoms with Gasteiger partial charge >= 0.3 is 5.97 Å². The van der Waals surface area contributed by atoms with E-state index < -0.39 is 23.7 Å². The summed E-state index contributed by atoms with van der Waals surface area (Å²) in [6.07, 6.45) is 0. The van der Waals surface area contributed by atoms with Crippen LogP contribution in [0.1, 0.15) is 31.0 Å². The Labute approximate surface area is 149 Å². The number of rotatable bonds is 3. The Morgan fingerprint density at radius 3 is 2.69 bits per heavy atom. The minimum Gasteiger partial charge on any atom is -0.481 e. The minimum atomic E-state index is -1.02. The third kappa shape index (κ3) is 2.87. The molecule has 0 saturated heterocycles. The predicted octanol–water partition coefficient (Wildman–Crippen LogP) is 2.56. The Balaban J connectivity index is 2.07. The first kappa shape index (κ1) is 17.8. The number of carbonyl (C=O) groups is 2. The first-order valence-electron chi connectivity index (χ1n) is 8.15. The third-order valence-corrected chi connectivity index (χ3v) is 4.72. The van der Waals surface area contributed by atoms with Gasteiger partial charge in [0.05, 0.1) is 17.2 Å². The number of aromatic nitrogens is 2. The van der Waals surface area contributed by atoms with Crippen LogP contribution in [0.4, 0.5) is 15.9 Å². The summed E-state index contributed by atoms with van der Waals surface area (Å²) in [4.78, 5) is 33.5. The molecule has 1 aromatic carbocycles. The maximum atomic E-state index is 14.6.